The first-order valence-corrected chi connectivity index (χ1v) is 4.64. The molecule has 5 nitrogen and oxygen atoms in total. The first kappa shape index (κ1) is 13.9. The van der Waals surface area contributed by atoms with E-state index in [2.05, 4.69) is 21.9 Å². The molecular formula is C11H13NO4. The molecule has 0 saturated heterocycles. The maximum absolute atomic E-state index is 10.9. The molecular weight excluding hydrogens is 210 g/mol. The minimum Gasteiger partial charge on any atom is -0.462 e. The molecule has 0 atom stereocenters. The molecule has 0 aliphatic heterocycles. The highest BCUT2D eigenvalue weighted by atomic mass is 16.6. The Morgan fingerprint density at radius 2 is 1.81 bits per heavy atom. The predicted octanol–water partition coefficient (Wildman–Crippen LogP) is 0.302. The minimum absolute atomic E-state index is 0.00682. The van der Waals surface area contributed by atoms with Gasteiger partial charge in [-0.15, -0.1) is 18.8 Å². The second-order valence-corrected chi connectivity index (χ2v) is 2.62. The van der Waals surface area contributed by atoms with Crippen LogP contribution in [-0.2, 0) is 14.3 Å². The van der Waals surface area contributed by atoms with Gasteiger partial charge in [-0.3, -0.25) is 4.79 Å². The molecule has 0 aromatic carbocycles. The number of carbonyl (C=O) groups is 2. The summed E-state index contributed by atoms with van der Waals surface area (Å²) in [4.78, 5) is 21.7. The van der Waals surface area contributed by atoms with Gasteiger partial charge in [-0.2, -0.15) is 0 Å². The van der Waals surface area contributed by atoms with Crippen LogP contribution in [0.4, 0.5) is 4.79 Å². The number of amides is 1. The van der Waals surface area contributed by atoms with Gasteiger partial charge in [-0.1, -0.05) is 5.92 Å². The first-order valence-electron chi connectivity index (χ1n) is 4.64. The number of terminal acetylenes is 2. The van der Waals surface area contributed by atoms with E-state index in [-0.39, 0.29) is 26.2 Å². The molecule has 0 saturated carbocycles. The lowest BCUT2D eigenvalue weighted by atomic mass is 10.3. The molecule has 1 amide bonds. The number of ether oxygens (including phenoxy) is 2. The van der Waals surface area contributed by atoms with Gasteiger partial charge in [0.1, 0.15) is 13.2 Å². The van der Waals surface area contributed by atoms with E-state index in [0.717, 1.165) is 0 Å². The summed E-state index contributed by atoms with van der Waals surface area (Å²) in [6.07, 6.45) is 9.74. The van der Waals surface area contributed by atoms with E-state index in [0.29, 0.717) is 6.42 Å². The van der Waals surface area contributed by atoms with Crippen molar-refractivity contribution < 1.29 is 19.1 Å². The van der Waals surface area contributed by atoms with Crippen molar-refractivity contribution >= 4 is 12.1 Å². The van der Waals surface area contributed by atoms with Crippen molar-refractivity contribution in [1.82, 2.24) is 5.32 Å². The fraction of sp³-hybridized carbons (Fsp3) is 0.455. The van der Waals surface area contributed by atoms with Gasteiger partial charge in [0.05, 0.1) is 13.0 Å². The van der Waals surface area contributed by atoms with Crippen LogP contribution in [0.15, 0.2) is 0 Å². The molecule has 0 aromatic rings. The summed E-state index contributed by atoms with van der Waals surface area (Å²) in [5.74, 6) is 4.12. The van der Waals surface area contributed by atoms with Gasteiger partial charge in [0.2, 0.25) is 0 Å². The van der Waals surface area contributed by atoms with Crippen LogP contribution < -0.4 is 5.32 Å². The van der Waals surface area contributed by atoms with E-state index in [9.17, 15) is 9.59 Å². The lowest BCUT2D eigenvalue weighted by Gasteiger charge is -2.05. The molecule has 0 aromatic heterocycles. The van der Waals surface area contributed by atoms with Gasteiger partial charge in [-0.25, -0.2) is 4.79 Å². The number of nitrogens with one attached hydrogen (secondary N) is 1. The minimum atomic E-state index is -0.641. The van der Waals surface area contributed by atoms with Crippen molar-refractivity contribution in [3.8, 4) is 24.7 Å². The summed E-state index contributed by atoms with van der Waals surface area (Å²) in [6, 6.07) is 0. The zero-order valence-electron chi connectivity index (χ0n) is 8.82. The summed E-state index contributed by atoms with van der Waals surface area (Å²) in [5.41, 5.74) is 0. The van der Waals surface area contributed by atoms with Crippen LogP contribution >= 0.6 is 0 Å². The maximum atomic E-state index is 10.9. The lowest BCUT2D eigenvalue weighted by molar-refractivity contribution is -0.144. The van der Waals surface area contributed by atoms with Crippen LogP contribution in [0.1, 0.15) is 12.8 Å². The smallest absolute Gasteiger partial charge is 0.408 e. The largest absolute Gasteiger partial charge is 0.462 e. The maximum Gasteiger partial charge on any atom is 0.408 e. The average Bonchev–Trinajstić information content (AvgIpc) is 2.29. The molecule has 0 radical (unpaired) electrons. The Balaban J connectivity index is 3.40. The zero-order chi connectivity index (χ0) is 12.2. The van der Waals surface area contributed by atoms with Crippen LogP contribution in [0.2, 0.25) is 0 Å². The van der Waals surface area contributed by atoms with E-state index in [1.54, 1.807) is 0 Å². The van der Waals surface area contributed by atoms with Gasteiger partial charge in [-0.05, 0) is 0 Å². The quantitative estimate of drug-likeness (QED) is 0.399. The number of hydrogen-bond donors (Lipinski definition) is 1. The normalized spacial score (nSPS) is 8.38. The van der Waals surface area contributed by atoms with Crippen molar-refractivity contribution in [2.45, 2.75) is 12.8 Å². The molecule has 0 heterocycles. The lowest BCUT2D eigenvalue weighted by Crippen LogP contribution is -2.26. The molecule has 16 heavy (non-hydrogen) atoms. The summed E-state index contributed by atoms with van der Waals surface area (Å²) in [7, 11) is 0. The highest BCUT2D eigenvalue weighted by molar-refractivity contribution is 5.69. The Hall–Kier alpha value is -2.14. The summed E-state index contributed by atoms with van der Waals surface area (Å²) in [6.45, 7) is 0.0892. The molecule has 0 spiro atoms. The van der Waals surface area contributed by atoms with E-state index >= 15 is 0 Å². The molecule has 0 fully saturated rings. The molecule has 0 aliphatic carbocycles. The van der Waals surface area contributed by atoms with Crippen LogP contribution in [0.25, 0.3) is 0 Å². The molecule has 5 heteroatoms. The number of carbonyl (C=O) groups excluding carboxylic acids is 2. The number of rotatable bonds is 6. The molecule has 1 N–H and O–H groups in total. The monoisotopic (exact) mass is 223 g/mol. The van der Waals surface area contributed by atoms with E-state index in [1.807, 2.05) is 0 Å². The van der Waals surface area contributed by atoms with Crippen molar-refractivity contribution in [2.75, 3.05) is 19.8 Å². The second-order valence-electron chi connectivity index (χ2n) is 2.62. The Bertz CT molecular complexity index is 279. The Morgan fingerprint density at radius 1 is 1.12 bits per heavy atom. The predicted molar refractivity (Wildman–Crippen MR) is 57.2 cm³/mol. The van der Waals surface area contributed by atoms with Crippen LogP contribution in [0.3, 0.4) is 0 Å². The Labute approximate surface area is 94.5 Å². The van der Waals surface area contributed by atoms with Gasteiger partial charge >= 0.3 is 12.1 Å². The topological polar surface area (TPSA) is 64.6 Å². The third kappa shape index (κ3) is 8.46. The van der Waals surface area contributed by atoms with Crippen molar-refractivity contribution in [3.63, 3.8) is 0 Å². The highest BCUT2D eigenvalue weighted by Crippen LogP contribution is 1.91. The standard InChI is InChI=1S/C11H13NO4/c1-3-5-6-10(13)15-8-9-16-11(14)12-7-4-2/h1-2H,5-9H2,(H,12,14). The van der Waals surface area contributed by atoms with E-state index < -0.39 is 12.1 Å². The van der Waals surface area contributed by atoms with Crippen molar-refractivity contribution in [3.05, 3.63) is 0 Å². The number of esters is 1. The van der Waals surface area contributed by atoms with Crippen LogP contribution in [0, 0.1) is 24.7 Å². The average molecular weight is 223 g/mol. The fourth-order valence-corrected chi connectivity index (χ4v) is 0.710. The summed E-state index contributed by atoms with van der Waals surface area (Å²) >= 11 is 0. The molecule has 0 unspecified atom stereocenters. The Morgan fingerprint density at radius 3 is 2.44 bits per heavy atom. The van der Waals surface area contributed by atoms with Crippen molar-refractivity contribution in [1.29, 1.82) is 0 Å². The van der Waals surface area contributed by atoms with Gasteiger partial charge in [0, 0.05) is 6.42 Å². The summed E-state index contributed by atoms with van der Waals surface area (Å²) in [5, 5.41) is 2.29. The number of hydrogen-bond acceptors (Lipinski definition) is 4. The highest BCUT2D eigenvalue weighted by Gasteiger charge is 2.03. The fourth-order valence-electron chi connectivity index (χ4n) is 0.710. The first-order chi connectivity index (χ1) is 7.70. The van der Waals surface area contributed by atoms with E-state index in [1.165, 1.54) is 0 Å². The molecule has 86 valence electrons. The Kier molecular flexibility index (Phi) is 8.16. The van der Waals surface area contributed by atoms with Crippen molar-refractivity contribution in [2.24, 2.45) is 0 Å². The van der Waals surface area contributed by atoms with Gasteiger partial charge < -0.3 is 14.8 Å². The van der Waals surface area contributed by atoms with Crippen LogP contribution in [-0.4, -0.2) is 31.8 Å². The molecule has 0 rings (SSSR count). The summed E-state index contributed by atoms with van der Waals surface area (Å²) < 4.78 is 9.35. The second kappa shape index (κ2) is 9.42. The molecule has 0 aliphatic rings. The van der Waals surface area contributed by atoms with Gasteiger partial charge in [0.15, 0.2) is 0 Å². The van der Waals surface area contributed by atoms with Gasteiger partial charge in [0.25, 0.3) is 0 Å². The SMILES string of the molecule is C#CCCC(=O)OCCOC(=O)NCC#C. The third-order valence-corrected chi connectivity index (χ3v) is 1.39. The number of alkyl carbamates (subject to hydrolysis) is 1. The third-order valence-electron chi connectivity index (χ3n) is 1.39. The zero-order valence-corrected chi connectivity index (χ0v) is 8.82. The van der Waals surface area contributed by atoms with Crippen LogP contribution in [0.5, 0.6) is 0 Å². The molecule has 0 bridgehead atoms. The van der Waals surface area contributed by atoms with E-state index in [4.69, 9.17) is 17.6 Å².